The van der Waals surface area contributed by atoms with Crippen molar-refractivity contribution in [1.82, 2.24) is 5.23 Å². The van der Waals surface area contributed by atoms with Crippen molar-refractivity contribution < 1.29 is 48.4 Å². The number of ether oxygens (including phenoxy) is 4. The van der Waals surface area contributed by atoms with E-state index in [0.29, 0.717) is 38.8 Å². The Morgan fingerprint density at radius 3 is 2.44 bits per heavy atom. The molecule has 1 atom stereocenters. The van der Waals surface area contributed by atoms with Gasteiger partial charge in [0.05, 0.1) is 31.8 Å². The van der Waals surface area contributed by atoms with E-state index in [1.165, 1.54) is 0 Å². The zero-order chi connectivity index (χ0) is 22.3. The summed E-state index contributed by atoms with van der Waals surface area (Å²) in [5.74, 6) is 0.609. The van der Waals surface area contributed by atoms with E-state index >= 15 is 0 Å². The molecule has 12 nitrogen and oxygen atoms in total. The van der Waals surface area contributed by atoms with E-state index < -0.39 is 29.3 Å². The normalized spacial score (nSPS) is 24.9. The Hall–Kier alpha value is -3.51. The minimum absolute atomic E-state index is 0.00385. The highest BCUT2D eigenvalue weighted by Gasteiger charge is 2.64. The molecule has 4 heterocycles. The van der Waals surface area contributed by atoms with Crippen LogP contribution in [0.3, 0.4) is 0 Å². The van der Waals surface area contributed by atoms with Gasteiger partial charge in [-0.1, -0.05) is 12.1 Å². The fourth-order valence-corrected chi connectivity index (χ4v) is 4.40. The van der Waals surface area contributed by atoms with Gasteiger partial charge in [-0.15, -0.1) is 0 Å². The van der Waals surface area contributed by atoms with Crippen molar-refractivity contribution in [2.75, 3.05) is 39.6 Å². The Morgan fingerprint density at radius 2 is 1.81 bits per heavy atom. The molecule has 1 aromatic rings. The molecule has 12 heteroatoms. The Morgan fingerprint density at radius 1 is 1.03 bits per heavy atom. The molecule has 32 heavy (non-hydrogen) atoms. The van der Waals surface area contributed by atoms with Gasteiger partial charge in [0.1, 0.15) is 24.5 Å². The van der Waals surface area contributed by atoms with Crippen molar-refractivity contribution in [2.24, 2.45) is 10.4 Å². The molecule has 0 radical (unpaired) electrons. The maximum atomic E-state index is 11.0. The van der Waals surface area contributed by atoms with Gasteiger partial charge >= 0.3 is 18.3 Å². The van der Waals surface area contributed by atoms with E-state index in [-0.39, 0.29) is 11.8 Å². The van der Waals surface area contributed by atoms with Gasteiger partial charge < -0.3 is 29.2 Å². The number of hydroxylamine groups is 2. The molecule has 0 aliphatic carbocycles. The van der Waals surface area contributed by atoms with Gasteiger partial charge in [0.25, 0.3) is 0 Å². The number of amidine groups is 1. The van der Waals surface area contributed by atoms with E-state index in [1.54, 1.807) is 0 Å². The minimum Gasteiger partial charge on any atom is -0.492 e. The molecule has 0 saturated carbocycles. The first-order valence-corrected chi connectivity index (χ1v) is 9.89. The molecule has 4 aliphatic heterocycles. The largest absolute Gasteiger partial charge is 0.533 e. The van der Waals surface area contributed by atoms with Crippen molar-refractivity contribution in [2.45, 2.75) is 12.0 Å². The van der Waals surface area contributed by atoms with Crippen molar-refractivity contribution in [3.63, 3.8) is 0 Å². The molecule has 2 N–H and O–H groups in total. The molecule has 1 saturated heterocycles. The smallest absolute Gasteiger partial charge is 0.492 e. The van der Waals surface area contributed by atoms with Crippen LogP contribution < -0.4 is 4.74 Å². The second-order valence-corrected chi connectivity index (χ2v) is 7.84. The summed E-state index contributed by atoms with van der Waals surface area (Å²) in [6.45, 7) is 2.14. The van der Waals surface area contributed by atoms with Crippen LogP contribution in [0.1, 0.15) is 17.5 Å². The van der Waals surface area contributed by atoms with E-state index in [9.17, 15) is 9.59 Å². The van der Waals surface area contributed by atoms with Crippen LogP contribution in [0.2, 0.25) is 0 Å². The quantitative estimate of drug-likeness (QED) is 0.608. The molecular weight excluding hydrogens is 428 g/mol. The van der Waals surface area contributed by atoms with Gasteiger partial charge in [-0.05, 0) is 29.7 Å². The molecule has 1 fully saturated rings. The topological polar surface area (TPSA) is 146 Å². The number of carbonyl (C=O) groups is 2. The number of hydrogen-bond acceptors (Lipinski definition) is 10. The Kier molecular flexibility index (Phi) is 4.82. The van der Waals surface area contributed by atoms with E-state index in [0.717, 1.165) is 23.1 Å². The summed E-state index contributed by atoms with van der Waals surface area (Å²) in [6, 6.07) is 5.38. The number of nitrogens with zero attached hydrogens (tertiary/aromatic N) is 2. The van der Waals surface area contributed by atoms with Crippen molar-refractivity contribution in [3.8, 4) is 5.75 Å². The van der Waals surface area contributed by atoms with Crippen LogP contribution in [-0.2, 0) is 29.4 Å². The monoisotopic (exact) mass is 448 g/mol. The Bertz CT molecular complexity index is 1000. The molecular formula is C20H20N2O10. The molecule has 0 aromatic heterocycles. The number of aliphatic imine (C=N–C) groups is 1. The first kappa shape index (κ1) is 20.4. The molecule has 5 rings (SSSR count). The van der Waals surface area contributed by atoms with Crippen LogP contribution in [0.15, 0.2) is 29.3 Å². The Balaban J connectivity index is 1.59. The predicted octanol–water partition coefficient (Wildman–Crippen LogP) is 2.00. The summed E-state index contributed by atoms with van der Waals surface area (Å²) in [6.07, 6.45) is -0.798. The summed E-state index contributed by atoms with van der Waals surface area (Å²) in [5, 5.41) is 18.0. The number of rotatable bonds is 1. The zero-order valence-electron chi connectivity index (χ0n) is 16.8. The summed E-state index contributed by atoms with van der Waals surface area (Å²) >= 11 is 0. The molecule has 170 valence electrons. The molecule has 1 unspecified atom stereocenters. The third kappa shape index (κ3) is 3.19. The van der Waals surface area contributed by atoms with Gasteiger partial charge in [-0.3, -0.25) is 9.68 Å². The number of benzene rings is 1. The highest BCUT2D eigenvalue weighted by atomic mass is 17.0. The highest BCUT2D eigenvalue weighted by molar-refractivity contribution is 5.78. The summed E-state index contributed by atoms with van der Waals surface area (Å²) in [7, 11) is 0. The lowest BCUT2D eigenvalue weighted by molar-refractivity contribution is -0.266. The standard InChI is InChI=1S/C20H20N2O10/c23-17(24)31-22(32-18(25)26)16-21-20(11-30-16)14-7-13(12-3-5-27-6-4-12)1-2-15(14)29-10-19(20)8-28-9-19/h1-3,7H,4-6,8-11H2,(H,23,24)(H,25,26). The van der Waals surface area contributed by atoms with E-state index in [2.05, 4.69) is 14.7 Å². The average molecular weight is 448 g/mol. The Labute approximate surface area is 181 Å². The van der Waals surface area contributed by atoms with Crippen LogP contribution >= 0.6 is 0 Å². The fourth-order valence-electron chi connectivity index (χ4n) is 4.40. The third-order valence-electron chi connectivity index (χ3n) is 6.07. The summed E-state index contributed by atoms with van der Waals surface area (Å²) in [5.41, 5.74) is 1.25. The van der Waals surface area contributed by atoms with Crippen molar-refractivity contribution in [3.05, 3.63) is 35.4 Å². The lowest BCUT2D eigenvalue weighted by Gasteiger charge is -2.53. The van der Waals surface area contributed by atoms with Crippen LogP contribution in [0.25, 0.3) is 5.57 Å². The molecule has 2 spiro atoms. The van der Waals surface area contributed by atoms with Crippen LogP contribution in [0, 0.1) is 5.41 Å². The second kappa shape index (κ2) is 7.57. The van der Waals surface area contributed by atoms with Crippen LogP contribution in [-0.4, -0.2) is 73.4 Å². The first-order valence-electron chi connectivity index (χ1n) is 9.89. The van der Waals surface area contributed by atoms with Crippen LogP contribution in [0.4, 0.5) is 9.59 Å². The minimum atomic E-state index is -1.79. The maximum absolute atomic E-state index is 11.0. The number of fused-ring (bicyclic) bond motifs is 3. The van der Waals surface area contributed by atoms with E-state index in [1.807, 2.05) is 24.3 Å². The first-order chi connectivity index (χ1) is 15.4. The van der Waals surface area contributed by atoms with Gasteiger partial charge in [-0.2, -0.15) is 0 Å². The lowest BCUT2D eigenvalue weighted by Crippen LogP contribution is -2.63. The fraction of sp³-hybridized carbons (Fsp3) is 0.450. The van der Waals surface area contributed by atoms with Gasteiger partial charge in [0.15, 0.2) is 0 Å². The maximum Gasteiger partial charge on any atom is 0.533 e. The van der Waals surface area contributed by atoms with E-state index in [4.69, 9.17) is 29.2 Å². The summed E-state index contributed by atoms with van der Waals surface area (Å²) in [4.78, 5) is 35.5. The molecule has 4 aliphatic rings. The number of hydrogen-bond donors (Lipinski definition) is 2. The average Bonchev–Trinajstić information content (AvgIpc) is 3.18. The van der Waals surface area contributed by atoms with Gasteiger partial charge in [0.2, 0.25) is 0 Å². The second-order valence-electron chi connectivity index (χ2n) is 7.84. The van der Waals surface area contributed by atoms with Crippen molar-refractivity contribution in [1.29, 1.82) is 0 Å². The molecule has 0 amide bonds. The lowest BCUT2D eigenvalue weighted by atomic mass is 9.64. The zero-order valence-corrected chi connectivity index (χ0v) is 16.8. The van der Waals surface area contributed by atoms with Gasteiger partial charge in [0, 0.05) is 10.8 Å². The molecule has 1 aromatic carbocycles. The van der Waals surface area contributed by atoms with Crippen molar-refractivity contribution >= 4 is 23.9 Å². The molecule has 0 bridgehead atoms. The SMILES string of the molecule is O=C(O)ON(OC(=O)O)C1=NC2(CO1)c1cc(C3=CCOCC3)ccc1OCC21COC1. The van der Waals surface area contributed by atoms with Gasteiger partial charge in [-0.25, -0.2) is 14.6 Å². The van der Waals surface area contributed by atoms with Crippen LogP contribution in [0.5, 0.6) is 5.75 Å². The third-order valence-corrected chi connectivity index (χ3v) is 6.07. The highest BCUT2D eigenvalue weighted by Crippen LogP contribution is 2.56. The number of carboxylic acid groups (broad SMARTS) is 2. The predicted molar refractivity (Wildman–Crippen MR) is 104 cm³/mol. The summed E-state index contributed by atoms with van der Waals surface area (Å²) < 4.78 is 22.6.